The normalized spacial score (nSPS) is 12.2. The number of carbonyl (C=O) groups is 1. The van der Waals surface area contributed by atoms with Gasteiger partial charge in [-0.25, -0.2) is 9.18 Å². The molecule has 0 heterocycles. The first-order valence-corrected chi connectivity index (χ1v) is 6.94. The fourth-order valence-corrected chi connectivity index (χ4v) is 1.74. The molecule has 1 aromatic carbocycles. The van der Waals surface area contributed by atoms with Crippen LogP contribution >= 0.6 is 11.6 Å². The molecule has 0 fully saturated rings. The second kappa shape index (κ2) is 6.54. The van der Waals surface area contributed by atoms with Gasteiger partial charge in [0, 0.05) is 5.46 Å². The van der Waals surface area contributed by atoms with Gasteiger partial charge in [-0.1, -0.05) is 11.6 Å². The highest BCUT2D eigenvalue weighted by molar-refractivity contribution is 6.60. The molecular weight excluding hydrogens is 313 g/mol. The van der Waals surface area contributed by atoms with Crippen LogP contribution in [-0.4, -0.2) is 41.5 Å². The van der Waals surface area contributed by atoms with E-state index in [1.54, 1.807) is 13.8 Å². The van der Waals surface area contributed by atoms with Gasteiger partial charge in [0.2, 0.25) is 0 Å². The first-order valence-electron chi connectivity index (χ1n) is 6.56. The molecule has 1 rings (SSSR count). The minimum Gasteiger partial charge on any atom is -0.465 e. The molecule has 122 valence electrons. The van der Waals surface area contributed by atoms with E-state index >= 15 is 0 Å². The Hall–Kier alpha value is -1.15. The predicted molar refractivity (Wildman–Crippen MR) is 81.8 cm³/mol. The minimum absolute atomic E-state index is 0.0933. The Bertz CT molecular complexity index is 571. The summed E-state index contributed by atoms with van der Waals surface area (Å²) in [6.45, 7) is 6.09. The van der Waals surface area contributed by atoms with Gasteiger partial charge in [0.1, 0.15) is 5.82 Å². The highest BCUT2D eigenvalue weighted by Gasteiger charge is 2.40. The lowest BCUT2D eigenvalue weighted by Gasteiger charge is -2.38. The van der Waals surface area contributed by atoms with Crippen molar-refractivity contribution in [3.63, 3.8) is 0 Å². The summed E-state index contributed by atoms with van der Waals surface area (Å²) in [5.74, 6) is -1.60. The number of hydrogen-bond acceptors (Lipinski definition) is 5. The molecule has 0 spiro atoms. The van der Waals surface area contributed by atoms with Crippen LogP contribution in [-0.2, 0) is 9.39 Å². The summed E-state index contributed by atoms with van der Waals surface area (Å²) in [4.78, 5) is 11.6. The van der Waals surface area contributed by atoms with Gasteiger partial charge < -0.3 is 19.5 Å². The van der Waals surface area contributed by atoms with Gasteiger partial charge in [-0.15, -0.1) is 0 Å². The van der Waals surface area contributed by atoms with Gasteiger partial charge in [0.25, 0.3) is 0 Å². The van der Waals surface area contributed by atoms with E-state index in [1.165, 1.54) is 13.8 Å². The largest absolute Gasteiger partial charge is 0.494 e. The van der Waals surface area contributed by atoms with E-state index in [0.29, 0.717) is 0 Å². The lowest BCUT2D eigenvalue weighted by Crippen LogP contribution is -2.53. The van der Waals surface area contributed by atoms with Crippen LogP contribution in [0, 0.1) is 5.82 Å². The van der Waals surface area contributed by atoms with Gasteiger partial charge in [-0.05, 0) is 39.8 Å². The van der Waals surface area contributed by atoms with E-state index in [4.69, 9.17) is 16.3 Å². The van der Waals surface area contributed by atoms with Gasteiger partial charge in [-0.3, -0.25) is 0 Å². The van der Waals surface area contributed by atoms with Crippen molar-refractivity contribution in [3.8, 4) is 0 Å². The van der Waals surface area contributed by atoms with Gasteiger partial charge in [0.15, 0.2) is 0 Å². The van der Waals surface area contributed by atoms with Crippen molar-refractivity contribution in [2.75, 3.05) is 7.11 Å². The van der Waals surface area contributed by atoms with E-state index in [9.17, 15) is 19.3 Å². The fraction of sp³-hybridized carbons (Fsp3) is 0.500. The lowest BCUT2D eigenvalue weighted by atomic mass is 9.75. The molecule has 0 saturated carbocycles. The Morgan fingerprint density at radius 1 is 1.32 bits per heavy atom. The van der Waals surface area contributed by atoms with Crippen molar-refractivity contribution < 1.29 is 28.7 Å². The number of ether oxygens (including phenoxy) is 1. The first kappa shape index (κ1) is 18.9. The Morgan fingerprint density at radius 3 is 2.32 bits per heavy atom. The zero-order chi connectivity index (χ0) is 17.3. The number of halogens is 2. The molecule has 0 bridgehead atoms. The molecule has 5 nitrogen and oxygen atoms in total. The molecule has 0 aliphatic carbocycles. The Morgan fingerprint density at radius 2 is 1.86 bits per heavy atom. The zero-order valence-corrected chi connectivity index (χ0v) is 13.9. The molecule has 0 aliphatic heterocycles. The number of carbonyl (C=O) groups excluding carboxylic acids is 1. The van der Waals surface area contributed by atoms with E-state index in [2.05, 4.69) is 4.74 Å². The molecule has 0 unspecified atom stereocenters. The molecule has 0 aliphatic rings. The van der Waals surface area contributed by atoms with Crippen molar-refractivity contribution in [2.24, 2.45) is 0 Å². The molecule has 22 heavy (non-hydrogen) atoms. The van der Waals surface area contributed by atoms with Crippen molar-refractivity contribution >= 4 is 30.2 Å². The van der Waals surface area contributed by atoms with E-state index in [1.807, 2.05) is 0 Å². The average molecular weight is 333 g/mol. The third kappa shape index (κ3) is 3.98. The maximum atomic E-state index is 14.0. The van der Waals surface area contributed by atoms with Crippen LogP contribution in [0.5, 0.6) is 0 Å². The summed E-state index contributed by atoms with van der Waals surface area (Å²) in [6.07, 6.45) is 0. The van der Waals surface area contributed by atoms with Crippen molar-refractivity contribution in [1.29, 1.82) is 0 Å². The molecule has 0 saturated heterocycles. The van der Waals surface area contributed by atoms with Crippen LogP contribution in [0.2, 0.25) is 5.02 Å². The van der Waals surface area contributed by atoms with Gasteiger partial charge in [-0.2, -0.15) is 0 Å². The van der Waals surface area contributed by atoms with Crippen LogP contribution in [0.1, 0.15) is 38.1 Å². The highest BCUT2D eigenvalue weighted by atomic mass is 35.5. The third-order valence-electron chi connectivity index (χ3n) is 3.64. The third-order valence-corrected chi connectivity index (χ3v) is 3.95. The van der Waals surface area contributed by atoms with Crippen molar-refractivity contribution in [1.82, 2.24) is 0 Å². The monoisotopic (exact) mass is 332 g/mol. The van der Waals surface area contributed by atoms with Crippen molar-refractivity contribution in [2.45, 2.75) is 38.9 Å². The maximum Gasteiger partial charge on any atom is 0.494 e. The number of rotatable bonds is 5. The van der Waals surface area contributed by atoms with Crippen molar-refractivity contribution in [3.05, 3.63) is 28.5 Å². The van der Waals surface area contributed by atoms with E-state index in [-0.39, 0.29) is 16.0 Å². The van der Waals surface area contributed by atoms with Crippen LogP contribution in [0.4, 0.5) is 4.39 Å². The quantitative estimate of drug-likeness (QED) is 0.631. The predicted octanol–water partition coefficient (Wildman–Crippen LogP) is 1.52. The van der Waals surface area contributed by atoms with Gasteiger partial charge in [0.05, 0.1) is 28.9 Å². The molecule has 8 heteroatoms. The highest BCUT2D eigenvalue weighted by Crippen LogP contribution is 2.26. The maximum absolute atomic E-state index is 14.0. The summed E-state index contributed by atoms with van der Waals surface area (Å²) < 4.78 is 23.9. The molecule has 2 N–H and O–H groups in total. The fourth-order valence-electron chi connectivity index (χ4n) is 1.51. The number of benzene rings is 1. The number of esters is 1. The summed E-state index contributed by atoms with van der Waals surface area (Å²) in [7, 11) is -0.534. The van der Waals surface area contributed by atoms with E-state index in [0.717, 1.165) is 19.2 Å². The second-order valence-electron chi connectivity index (χ2n) is 5.88. The SMILES string of the molecule is COC(=O)c1cc(B(O)OC(C)(C)C(C)(C)O)c(F)cc1Cl. The molecule has 0 atom stereocenters. The average Bonchev–Trinajstić information content (AvgIpc) is 2.35. The summed E-state index contributed by atoms with van der Waals surface area (Å²) >= 11 is 5.78. The van der Waals surface area contributed by atoms with E-state index < -0.39 is 30.1 Å². The minimum atomic E-state index is -1.69. The Labute approximate surface area is 134 Å². The zero-order valence-electron chi connectivity index (χ0n) is 13.1. The molecule has 1 aromatic rings. The van der Waals surface area contributed by atoms with Crippen LogP contribution < -0.4 is 5.46 Å². The number of aliphatic hydroxyl groups is 1. The number of methoxy groups -OCH3 is 1. The lowest BCUT2D eigenvalue weighted by molar-refractivity contribution is -0.0983. The summed E-state index contributed by atoms with van der Waals surface area (Å²) in [6, 6.07) is 1.96. The second-order valence-corrected chi connectivity index (χ2v) is 6.29. The Balaban J connectivity index is 3.18. The Kier molecular flexibility index (Phi) is 5.62. The molecular formula is C14H19BClFO5. The number of hydrogen-bond donors (Lipinski definition) is 2. The summed E-state index contributed by atoms with van der Waals surface area (Å²) in [5, 5.41) is 20.0. The van der Waals surface area contributed by atoms with Gasteiger partial charge >= 0.3 is 13.1 Å². The van der Waals surface area contributed by atoms with Crippen LogP contribution in [0.3, 0.4) is 0 Å². The topological polar surface area (TPSA) is 76.0 Å². The van der Waals surface area contributed by atoms with Crippen LogP contribution in [0.25, 0.3) is 0 Å². The first-order chi connectivity index (χ1) is 9.90. The molecule has 0 radical (unpaired) electrons. The van der Waals surface area contributed by atoms with Crippen LogP contribution in [0.15, 0.2) is 12.1 Å². The molecule has 0 amide bonds. The smallest absolute Gasteiger partial charge is 0.465 e. The summed E-state index contributed by atoms with van der Waals surface area (Å²) in [5.41, 5.74) is -2.84. The molecule has 0 aromatic heterocycles. The standard InChI is InChI=1S/C14H19BClFO5/c1-13(2,19)14(3,4)22-15(20)9-6-8(12(18)21-5)10(16)7-11(9)17/h6-7,19-20H,1-5H3.